The molecule has 0 aliphatic heterocycles. The Morgan fingerprint density at radius 3 is 2.00 bits per heavy atom. The minimum Gasteiger partial charge on any atom is -0.381 e. The molecule has 0 aliphatic rings. The second-order valence-electron chi connectivity index (χ2n) is 4.39. The van der Waals surface area contributed by atoms with Crippen molar-refractivity contribution < 1.29 is 18.3 Å². The average molecular weight is 267 g/mol. The highest BCUT2D eigenvalue weighted by Crippen LogP contribution is 2.33. The lowest BCUT2D eigenvalue weighted by Gasteiger charge is -2.24. The van der Waals surface area contributed by atoms with E-state index in [9.17, 15) is 18.3 Å². The van der Waals surface area contributed by atoms with Crippen LogP contribution in [0, 0.1) is 0 Å². The van der Waals surface area contributed by atoms with Crippen molar-refractivity contribution in [1.82, 2.24) is 4.98 Å². The number of nitrogens with zero attached hydrogens (tertiary/aromatic N) is 1. The Morgan fingerprint density at radius 1 is 0.947 bits per heavy atom. The first kappa shape index (κ1) is 13.5. The number of rotatable bonds is 2. The van der Waals surface area contributed by atoms with Gasteiger partial charge in [0, 0.05) is 18.0 Å². The molecular formula is C14H12F3NO. The van der Waals surface area contributed by atoms with Crippen LogP contribution in [0.15, 0.2) is 48.8 Å². The third-order valence-corrected chi connectivity index (χ3v) is 3.00. The van der Waals surface area contributed by atoms with Gasteiger partial charge in [-0.05, 0) is 30.7 Å². The normalized spacial score (nSPS) is 15.0. The summed E-state index contributed by atoms with van der Waals surface area (Å²) >= 11 is 0. The summed E-state index contributed by atoms with van der Waals surface area (Å²) in [6, 6.07) is 7.80. The predicted octanol–water partition coefficient (Wildman–Crippen LogP) is 3.36. The van der Waals surface area contributed by atoms with Gasteiger partial charge in [0.15, 0.2) is 0 Å². The number of alkyl halides is 3. The van der Waals surface area contributed by atoms with Gasteiger partial charge >= 0.3 is 6.18 Å². The van der Waals surface area contributed by atoms with Gasteiger partial charge in [-0.2, -0.15) is 13.2 Å². The van der Waals surface area contributed by atoms with Crippen molar-refractivity contribution in [2.75, 3.05) is 0 Å². The maximum Gasteiger partial charge on any atom is 0.416 e. The topological polar surface area (TPSA) is 33.1 Å². The first-order valence-electron chi connectivity index (χ1n) is 5.62. The zero-order valence-corrected chi connectivity index (χ0v) is 10.1. The Bertz CT molecular complexity index is 547. The lowest BCUT2D eigenvalue weighted by Crippen LogP contribution is -2.23. The predicted molar refractivity (Wildman–Crippen MR) is 64.4 cm³/mol. The molecule has 5 heteroatoms. The van der Waals surface area contributed by atoms with E-state index in [1.165, 1.54) is 25.3 Å². The lowest BCUT2D eigenvalue weighted by molar-refractivity contribution is -0.137. The summed E-state index contributed by atoms with van der Waals surface area (Å²) in [7, 11) is 0. The van der Waals surface area contributed by atoms with Crippen LogP contribution in [-0.2, 0) is 11.8 Å². The molecule has 0 saturated carbocycles. The first-order valence-corrected chi connectivity index (χ1v) is 5.62. The van der Waals surface area contributed by atoms with Gasteiger partial charge in [-0.3, -0.25) is 4.98 Å². The van der Waals surface area contributed by atoms with Crippen LogP contribution >= 0.6 is 0 Å². The summed E-state index contributed by atoms with van der Waals surface area (Å²) in [5.74, 6) is 0. The number of hydrogen-bond acceptors (Lipinski definition) is 2. The molecule has 1 heterocycles. The molecule has 1 unspecified atom stereocenters. The van der Waals surface area contributed by atoms with Crippen LogP contribution in [0.4, 0.5) is 13.2 Å². The summed E-state index contributed by atoms with van der Waals surface area (Å²) in [6.45, 7) is 1.52. The molecule has 0 aliphatic carbocycles. The van der Waals surface area contributed by atoms with E-state index >= 15 is 0 Å². The molecule has 1 aromatic carbocycles. The molecule has 0 bridgehead atoms. The summed E-state index contributed by atoms with van der Waals surface area (Å²) in [6.07, 6.45) is -1.33. The van der Waals surface area contributed by atoms with E-state index in [0.29, 0.717) is 11.1 Å². The number of aliphatic hydroxyl groups is 1. The molecule has 19 heavy (non-hydrogen) atoms. The van der Waals surface area contributed by atoms with Crippen molar-refractivity contribution in [2.24, 2.45) is 0 Å². The van der Waals surface area contributed by atoms with E-state index in [0.717, 1.165) is 12.1 Å². The van der Waals surface area contributed by atoms with Gasteiger partial charge in [0.1, 0.15) is 5.60 Å². The summed E-state index contributed by atoms with van der Waals surface area (Å²) in [5, 5.41) is 10.4. The fourth-order valence-corrected chi connectivity index (χ4v) is 1.80. The van der Waals surface area contributed by atoms with Crippen LogP contribution in [0.1, 0.15) is 23.6 Å². The number of benzene rings is 1. The standard InChI is InChI=1S/C14H12F3NO/c1-13(19,12-3-2-8-18-9-12)10-4-6-11(7-5-10)14(15,16)17/h2-9,19H,1H3. The van der Waals surface area contributed by atoms with Gasteiger partial charge in [-0.25, -0.2) is 0 Å². The molecule has 0 spiro atoms. The van der Waals surface area contributed by atoms with Gasteiger partial charge in [0.05, 0.1) is 5.56 Å². The van der Waals surface area contributed by atoms with Gasteiger partial charge in [0.25, 0.3) is 0 Å². The van der Waals surface area contributed by atoms with Crippen molar-refractivity contribution in [1.29, 1.82) is 0 Å². The third-order valence-electron chi connectivity index (χ3n) is 3.00. The molecule has 100 valence electrons. The van der Waals surface area contributed by atoms with E-state index in [2.05, 4.69) is 4.98 Å². The van der Waals surface area contributed by atoms with Crippen LogP contribution in [0.5, 0.6) is 0 Å². The van der Waals surface area contributed by atoms with E-state index < -0.39 is 17.3 Å². The number of aromatic nitrogens is 1. The van der Waals surface area contributed by atoms with Crippen molar-refractivity contribution in [2.45, 2.75) is 18.7 Å². The maximum atomic E-state index is 12.5. The zero-order chi connectivity index (χ0) is 14.1. The quantitative estimate of drug-likeness (QED) is 0.905. The van der Waals surface area contributed by atoms with Gasteiger partial charge < -0.3 is 5.11 Å². The molecule has 0 radical (unpaired) electrons. The van der Waals surface area contributed by atoms with Crippen LogP contribution in [-0.4, -0.2) is 10.1 Å². The van der Waals surface area contributed by atoms with Crippen LogP contribution in [0.3, 0.4) is 0 Å². The summed E-state index contributed by atoms with van der Waals surface area (Å²) < 4.78 is 37.4. The summed E-state index contributed by atoms with van der Waals surface area (Å²) in [5.41, 5.74) is -1.21. The van der Waals surface area contributed by atoms with E-state index in [1.54, 1.807) is 18.3 Å². The zero-order valence-electron chi connectivity index (χ0n) is 10.1. The van der Waals surface area contributed by atoms with E-state index in [4.69, 9.17) is 0 Å². The SMILES string of the molecule is CC(O)(c1ccc(C(F)(F)F)cc1)c1cccnc1. The Morgan fingerprint density at radius 2 is 1.53 bits per heavy atom. The van der Waals surface area contributed by atoms with Gasteiger partial charge in [-0.1, -0.05) is 18.2 Å². The monoisotopic (exact) mass is 267 g/mol. The molecule has 2 rings (SSSR count). The molecule has 1 N–H and O–H groups in total. The maximum absolute atomic E-state index is 12.5. The van der Waals surface area contributed by atoms with Crippen molar-refractivity contribution in [3.63, 3.8) is 0 Å². The minimum atomic E-state index is -4.38. The van der Waals surface area contributed by atoms with Gasteiger partial charge in [0.2, 0.25) is 0 Å². The van der Waals surface area contributed by atoms with Crippen LogP contribution in [0.2, 0.25) is 0 Å². The second kappa shape index (κ2) is 4.66. The van der Waals surface area contributed by atoms with Crippen molar-refractivity contribution >= 4 is 0 Å². The van der Waals surface area contributed by atoms with Crippen molar-refractivity contribution in [3.05, 3.63) is 65.5 Å². The van der Waals surface area contributed by atoms with E-state index in [1.807, 2.05) is 0 Å². The number of pyridine rings is 1. The third kappa shape index (κ3) is 2.76. The van der Waals surface area contributed by atoms with Gasteiger partial charge in [-0.15, -0.1) is 0 Å². The van der Waals surface area contributed by atoms with E-state index in [-0.39, 0.29) is 0 Å². The van der Waals surface area contributed by atoms with Crippen LogP contribution < -0.4 is 0 Å². The smallest absolute Gasteiger partial charge is 0.381 e. The molecule has 0 fully saturated rings. The fraction of sp³-hybridized carbons (Fsp3) is 0.214. The minimum absolute atomic E-state index is 0.383. The largest absolute Gasteiger partial charge is 0.416 e. The Kier molecular flexibility index (Phi) is 3.32. The highest BCUT2D eigenvalue weighted by atomic mass is 19.4. The second-order valence-corrected chi connectivity index (χ2v) is 4.39. The van der Waals surface area contributed by atoms with Crippen molar-refractivity contribution in [3.8, 4) is 0 Å². The molecule has 1 atom stereocenters. The number of hydrogen-bond donors (Lipinski definition) is 1. The summed E-state index contributed by atoms with van der Waals surface area (Å²) in [4.78, 5) is 3.89. The molecule has 2 nitrogen and oxygen atoms in total. The molecule has 0 saturated heterocycles. The highest BCUT2D eigenvalue weighted by molar-refractivity contribution is 5.35. The Hall–Kier alpha value is -1.88. The molecular weight excluding hydrogens is 255 g/mol. The molecule has 0 amide bonds. The highest BCUT2D eigenvalue weighted by Gasteiger charge is 2.32. The Balaban J connectivity index is 2.37. The lowest BCUT2D eigenvalue weighted by atomic mass is 9.89. The molecule has 1 aromatic heterocycles. The van der Waals surface area contributed by atoms with Crippen LogP contribution in [0.25, 0.3) is 0 Å². The number of halogens is 3. The Labute approximate surface area is 108 Å². The molecule has 2 aromatic rings. The first-order chi connectivity index (χ1) is 8.82. The fourth-order valence-electron chi connectivity index (χ4n) is 1.80. The average Bonchev–Trinajstić information content (AvgIpc) is 2.39.